The number of fused-ring (bicyclic) bond motifs is 2. The third-order valence-electron chi connectivity index (χ3n) is 6.26. The Balaban J connectivity index is 1.43. The minimum atomic E-state index is -0.450. The zero-order valence-corrected chi connectivity index (χ0v) is 24.8. The van der Waals surface area contributed by atoms with Crippen molar-refractivity contribution in [1.29, 1.82) is 0 Å². The number of methoxy groups -OCH3 is 1. The summed E-state index contributed by atoms with van der Waals surface area (Å²) in [5.41, 5.74) is 3.27. The molecule has 0 radical (unpaired) electrons. The van der Waals surface area contributed by atoms with E-state index < -0.39 is 17.8 Å². The van der Waals surface area contributed by atoms with Crippen molar-refractivity contribution in [2.45, 2.75) is 46.6 Å². The van der Waals surface area contributed by atoms with Crippen LogP contribution in [0, 0.1) is 12.8 Å². The van der Waals surface area contributed by atoms with Crippen LogP contribution in [-0.4, -0.2) is 53.5 Å². The van der Waals surface area contributed by atoms with Crippen molar-refractivity contribution < 1.29 is 28.7 Å². The number of hydrogen-bond donors (Lipinski definition) is 1. The fraction of sp³-hybridized carbons (Fsp3) is 0.444. The Morgan fingerprint density at radius 2 is 2.00 bits per heavy atom. The molecule has 2 aromatic heterocycles. The van der Waals surface area contributed by atoms with E-state index in [0.717, 1.165) is 57.2 Å². The molecule has 0 spiro atoms. The number of thiophene rings is 1. The minimum absolute atomic E-state index is 0.0115. The molecule has 9 nitrogen and oxygen atoms in total. The summed E-state index contributed by atoms with van der Waals surface area (Å²) in [6.45, 7) is 6.10. The average molecular weight is 590 g/mol. The van der Waals surface area contributed by atoms with Gasteiger partial charge in [-0.1, -0.05) is 24.3 Å². The molecule has 0 bridgehead atoms. The molecule has 208 valence electrons. The van der Waals surface area contributed by atoms with Crippen LogP contribution in [0.15, 0.2) is 23.2 Å². The van der Waals surface area contributed by atoms with E-state index in [2.05, 4.69) is 17.2 Å². The molecule has 1 aromatic carbocycles. The van der Waals surface area contributed by atoms with Crippen LogP contribution in [0.4, 0.5) is 5.00 Å². The van der Waals surface area contributed by atoms with Crippen molar-refractivity contribution in [2.75, 3.05) is 30.5 Å². The number of thioether (sulfide) groups is 1. The number of ether oxygens (including phenoxy) is 2. The van der Waals surface area contributed by atoms with Crippen LogP contribution in [0.1, 0.15) is 46.6 Å². The SMILES string of the molecule is CCOC(=O)Cn1c(=NC(=O)CSCC(=O)Nc2sc3c(c2C(=O)OC)CCC(C)C3)sc2cc(C)ccc21. The standard InChI is InChI=1S/C27H31N3O6S3/c1-5-36-23(33)12-30-18-9-7-16(3)11-20(18)39-27(30)29-22(32)14-37-13-21(31)28-25-24(26(34)35-4)17-8-6-15(2)10-19(17)38-25/h7,9,11,15H,5-6,8,10,12-14H2,1-4H3,(H,28,31). The van der Waals surface area contributed by atoms with E-state index in [1.807, 2.05) is 25.1 Å². The number of hydrogen-bond acceptors (Lipinski definition) is 9. The second kappa shape index (κ2) is 12.9. The van der Waals surface area contributed by atoms with Gasteiger partial charge in [-0.25, -0.2) is 4.79 Å². The maximum atomic E-state index is 12.7. The molecule has 39 heavy (non-hydrogen) atoms. The van der Waals surface area contributed by atoms with E-state index in [1.54, 1.807) is 11.5 Å². The summed E-state index contributed by atoms with van der Waals surface area (Å²) in [5, 5.41) is 3.35. The molecule has 0 saturated carbocycles. The largest absolute Gasteiger partial charge is 0.465 e. The molecule has 1 unspecified atom stereocenters. The molecule has 0 aliphatic heterocycles. The number of nitrogens with zero attached hydrogens (tertiary/aromatic N) is 2. The number of anilines is 1. The van der Waals surface area contributed by atoms with Crippen molar-refractivity contribution in [2.24, 2.45) is 10.9 Å². The van der Waals surface area contributed by atoms with Gasteiger partial charge in [0, 0.05) is 4.88 Å². The quantitative estimate of drug-likeness (QED) is 0.369. The fourth-order valence-corrected chi connectivity index (χ4v) is 7.60. The number of carbonyl (C=O) groups excluding carboxylic acids is 4. The summed E-state index contributed by atoms with van der Waals surface area (Å²) >= 11 is 3.89. The molecular formula is C27H31N3O6S3. The summed E-state index contributed by atoms with van der Waals surface area (Å²) in [6.07, 6.45) is 2.64. The number of thiazole rings is 1. The summed E-state index contributed by atoms with van der Waals surface area (Å²) in [4.78, 5) is 55.8. The Hall–Kier alpha value is -2.96. The molecule has 2 amide bonds. The summed E-state index contributed by atoms with van der Waals surface area (Å²) in [7, 11) is 1.34. The number of carbonyl (C=O) groups is 4. The molecule has 1 atom stereocenters. The number of aryl methyl sites for hydroxylation is 1. The second-order valence-electron chi connectivity index (χ2n) is 9.34. The molecule has 12 heteroatoms. The molecule has 0 saturated heterocycles. The highest BCUT2D eigenvalue weighted by Gasteiger charge is 2.28. The molecule has 1 aliphatic carbocycles. The normalized spacial score (nSPS) is 15.2. The van der Waals surface area contributed by atoms with Gasteiger partial charge in [0.2, 0.25) is 5.91 Å². The number of esters is 2. The Labute approximate surface area is 238 Å². The van der Waals surface area contributed by atoms with Gasteiger partial charge in [-0.15, -0.1) is 23.1 Å². The van der Waals surface area contributed by atoms with Gasteiger partial charge >= 0.3 is 11.9 Å². The smallest absolute Gasteiger partial charge is 0.341 e. The van der Waals surface area contributed by atoms with Crippen LogP contribution in [0.3, 0.4) is 0 Å². The molecular weight excluding hydrogens is 559 g/mol. The first kappa shape index (κ1) is 29.0. The van der Waals surface area contributed by atoms with E-state index in [0.29, 0.717) is 21.3 Å². The van der Waals surface area contributed by atoms with E-state index in [4.69, 9.17) is 9.47 Å². The van der Waals surface area contributed by atoms with E-state index >= 15 is 0 Å². The summed E-state index contributed by atoms with van der Waals surface area (Å²) < 4.78 is 12.7. The lowest BCUT2D eigenvalue weighted by atomic mass is 9.88. The Morgan fingerprint density at radius 1 is 1.21 bits per heavy atom. The average Bonchev–Trinajstić information content (AvgIpc) is 3.39. The Bertz CT molecular complexity index is 1490. The maximum Gasteiger partial charge on any atom is 0.341 e. The monoisotopic (exact) mass is 589 g/mol. The van der Waals surface area contributed by atoms with E-state index in [9.17, 15) is 19.2 Å². The molecule has 1 aliphatic rings. The first-order valence-corrected chi connectivity index (χ1v) is 15.4. The maximum absolute atomic E-state index is 12.7. The first-order valence-electron chi connectivity index (χ1n) is 12.6. The number of aromatic nitrogens is 1. The minimum Gasteiger partial charge on any atom is -0.465 e. The Morgan fingerprint density at radius 3 is 2.74 bits per heavy atom. The third kappa shape index (κ3) is 6.98. The van der Waals surface area contributed by atoms with Gasteiger partial charge in [0.15, 0.2) is 4.80 Å². The third-order valence-corrected chi connectivity index (χ3v) is 9.39. The zero-order valence-electron chi connectivity index (χ0n) is 22.3. The van der Waals surface area contributed by atoms with Crippen LogP contribution < -0.4 is 10.1 Å². The number of amides is 2. The topological polar surface area (TPSA) is 116 Å². The van der Waals surface area contributed by atoms with E-state index in [-0.39, 0.29) is 30.6 Å². The Kier molecular flexibility index (Phi) is 9.62. The van der Waals surface area contributed by atoms with Crippen molar-refractivity contribution >= 4 is 73.4 Å². The predicted molar refractivity (Wildman–Crippen MR) is 155 cm³/mol. The zero-order chi connectivity index (χ0) is 28.1. The van der Waals surface area contributed by atoms with Crippen molar-refractivity contribution in [3.63, 3.8) is 0 Å². The lowest BCUT2D eigenvalue weighted by Crippen LogP contribution is -2.23. The van der Waals surface area contributed by atoms with Gasteiger partial charge in [0.05, 0.1) is 41.0 Å². The highest BCUT2D eigenvalue weighted by molar-refractivity contribution is 8.00. The molecule has 0 fully saturated rings. The van der Waals surface area contributed by atoms with Gasteiger partial charge in [-0.3, -0.25) is 14.4 Å². The molecule has 2 heterocycles. The van der Waals surface area contributed by atoms with Gasteiger partial charge in [0.1, 0.15) is 11.5 Å². The van der Waals surface area contributed by atoms with Crippen molar-refractivity contribution in [3.8, 4) is 0 Å². The van der Waals surface area contributed by atoms with Crippen LogP contribution >= 0.6 is 34.4 Å². The van der Waals surface area contributed by atoms with Crippen LogP contribution in [0.2, 0.25) is 0 Å². The molecule has 1 N–H and O–H groups in total. The van der Waals surface area contributed by atoms with Gasteiger partial charge in [-0.05, 0) is 62.3 Å². The first-order chi connectivity index (χ1) is 18.7. The van der Waals surface area contributed by atoms with Gasteiger partial charge in [0.25, 0.3) is 5.91 Å². The van der Waals surface area contributed by atoms with Crippen LogP contribution in [0.25, 0.3) is 10.2 Å². The lowest BCUT2D eigenvalue weighted by molar-refractivity contribution is -0.143. The lowest BCUT2D eigenvalue weighted by Gasteiger charge is -2.18. The van der Waals surface area contributed by atoms with Crippen LogP contribution in [0.5, 0.6) is 0 Å². The van der Waals surface area contributed by atoms with Gasteiger partial charge in [-0.2, -0.15) is 4.99 Å². The second-order valence-corrected chi connectivity index (χ2v) is 12.4. The summed E-state index contributed by atoms with van der Waals surface area (Å²) in [5.74, 6) is -1.04. The number of nitrogens with one attached hydrogen (secondary N) is 1. The van der Waals surface area contributed by atoms with Crippen molar-refractivity contribution in [1.82, 2.24) is 4.57 Å². The van der Waals surface area contributed by atoms with Crippen LogP contribution in [-0.2, 0) is 43.2 Å². The van der Waals surface area contributed by atoms with Gasteiger partial charge < -0.3 is 19.4 Å². The number of benzene rings is 1. The van der Waals surface area contributed by atoms with Crippen molar-refractivity contribution in [3.05, 3.63) is 44.6 Å². The summed E-state index contributed by atoms with van der Waals surface area (Å²) in [6, 6.07) is 5.82. The fourth-order valence-electron chi connectivity index (χ4n) is 4.44. The molecule has 3 aromatic rings. The number of rotatable bonds is 9. The highest BCUT2D eigenvalue weighted by Crippen LogP contribution is 2.40. The van der Waals surface area contributed by atoms with E-state index in [1.165, 1.54) is 29.8 Å². The predicted octanol–water partition coefficient (Wildman–Crippen LogP) is 4.35. The highest BCUT2D eigenvalue weighted by atomic mass is 32.2. The molecule has 4 rings (SSSR count).